The Morgan fingerprint density at radius 1 is 1.53 bits per heavy atom. The molecular formula is C13H21NS. The Kier molecular flexibility index (Phi) is 4.55. The topological polar surface area (TPSA) is 12.0 Å². The van der Waals surface area contributed by atoms with Crippen LogP contribution >= 0.6 is 11.3 Å². The van der Waals surface area contributed by atoms with Gasteiger partial charge >= 0.3 is 0 Å². The SMILES string of the molecule is C=CC1(c2ccsc2CC)CNC1.CC. The fourth-order valence-electron chi connectivity index (χ4n) is 1.90. The highest BCUT2D eigenvalue weighted by Crippen LogP contribution is 2.35. The molecular weight excluding hydrogens is 202 g/mol. The molecule has 0 bridgehead atoms. The molecule has 0 spiro atoms. The molecule has 1 aromatic rings. The van der Waals surface area contributed by atoms with Gasteiger partial charge in [-0.1, -0.05) is 26.8 Å². The van der Waals surface area contributed by atoms with Gasteiger partial charge in [-0.05, 0) is 23.4 Å². The van der Waals surface area contributed by atoms with E-state index in [-0.39, 0.29) is 5.41 Å². The summed E-state index contributed by atoms with van der Waals surface area (Å²) in [6.45, 7) is 12.3. The van der Waals surface area contributed by atoms with Crippen LogP contribution in [0.25, 0.3) is 0 Å². The molecule has 1 N–H and O–H groups in total. The van der Waals surface area contributed by atoms with E-state index < -0.39 is 0 Å². The molecule has 84 valence electrons. The van der Waals surface area contributed by atoms with Gasteiger partial charge in [0.15, 0.2) is 0 Å². The molecule has 0 radical (unpaired) electrons. The summed E-state index contributed by atoms with van der Waals surface area (Å²) in [7, 11) is 0. The Morgan fingerprint density at radius 3 is 2.60 bits per heavy atom. The van der Waals surface area contributed by atoms with Gasteiger partial charge in [0.05, 0.1) is 0 Å². The summed E-state index contributed by atoms with van der Waals surface area (Å²) >= 11 is 1.87. The number of hydrogen-bond donors (Lipinski definition) is 1. The average Bonchev–Trinajstić information content (AvgIpc) is 2.69. The lowest BCUT2D eigenvalue weighted by molar-refractivity contribution is 0.346. The van der Waals surface area contributed by atoms with Crippen molar-refractivity contribution in [2.24, 2.45) is 0 Å². The van der Waals surface area contributed by atoms with Gasteiger partial charge in [-0.15, -0.1) is 17.9 Å². The average molecular weight is 223 g/mol. The normalized spacial score (nSPS) is 17.3. The van der Waals surface area contributed by atoms with E-state index in [0.29, 0.717) is 0 Å². The summed E-state index contributed by atoms with van der Waals surface area (Å²) in [6, 6.07) is 2.26. The van der Waals surface area contributed by atoms with Crippen molar-refractivity contribution in [3.63, 3.8) is 0 Å². The molecule has 0 aliphatic carbocycles. The summed E-state index contributed by atoms with van der Waals surface area (Å²) in [5.41, 5.74) is 1.74. The molecule has 1 nitrogen and oxygen atoms in total. The van der Waals surface area contributed by atoms with Gasteiger partial charge in [-0.2, -0.15) is 0 Å². The molecule has 1 fully saturated rings. The summed E-state index contributed by atoms with van der Waals surface area (Å²) in [5, 5.41) is 5.52. The van der Waals surface area contributed by atoms with Crippen LogP contribution in [0.1, 0.15) is 31.2 Å². The first-order chi connectivity index (χ1) is 7.32. The maximum Gasteiger partial charge on any atom is 0.0390 e. The Hall–Kier alpha value is -0.600. The lowest BCUT2D eigenvalue weighted by atomic mass is 9.75. The van der Waals surface area contributed by atoms with E-state index in [1.54, 1.807) is 0 Å². The fraction of sp³-hybridized carbons (Fsp3) is 0.538. The van der Waals surface area contributed by atoms with E-state index in [1.807, 2.05) is 25.2 Å². The molecule has 2 heteroatoms. The lowest BCUT2D eigenvalue weighted by Gasteiger charge is -2.40. The predicted octanol–water partition coefficient (Wildman–Crippen LogP) is 3.36. The molecule has 1 aliphatic rings. The van der Waals surface area contributed by atoms with Crippen molar-refractivity contribution >= 4 is 11.3 Å². The number of hydrogen-bond acceptors (Lipinski definition) is 2. The third kappa shape index (κ3) is 2.16. The summed E-state index contributed by atoms with van der Waals surface area (Å²) in [4.78, 5) is 1.52. The molecule has 1 aliphatic heterocycles. The standard InChI is InChI=1S/C11H15NS.C2H6/c1-3-10-9(5-6-13-10)11(4-2)7-12-8-11;1-2/h4-6,12H,2-3,7-8H2,1H3;1-2H3. The van der Waals surface area contributed by atoms with Crippen LogP contribution in [0.5, 0.6) is 0 Å². The number of thiophene rings is 1. The minimum atomic E-state index is 0.241. The maximum absolute atomic E-state index is 3.95. The van der Waals surface area contributed by atoms with Crippen molar-refractivity contribution in [2.75, 3.05) is 13.1 Å². The third-order valence-corrected chi connectivity index (χ3v) is 3.94. The molecule has 0 amide bonds. The van der Waals surface area contributed by atoms with Gasteiger partial charge in [0.2, 0.25) is 0 Å². The zero-order valence-corrected chi connectivity index (χ0v) is 10.8. The Bertz CT molecular complexity index is 310. The quantitative estimate of drug-likeness (QED) is 0.775. The van der Waals surface area contributed by atoms with E-state index >= 15 is 0 Å². The Labute approximate surface area is 97.2 Å². The second kappa shape index (κ2) is 5.47. The van der Waals surface area contributed by atoms with Crippen LogP contribution in [0.4, 0.5) is 0 Å². The van der Waals surface area contributed by atoms with Crippen molar-refractivity contribution in [3.8, 4) is 0 Å². The summed E-state index contributed by atoms with van der Waals surface area (Å²) in [5.74, 6) is 0. The summed E-state index contributed by atoms with van der Waals surface area (Å²) in [6.07, 6.45) is 3.24. The molecule has 0 atom stereocenters. The van der Waals surface area contributed by atoms with E-state index in [4.69, 9.17) is 0 Å². The van der Waals surface area contributed by atoms with Crippen molar-refractivity contribution in [3.05, 3.63) is 34.5 Å². The largest absolute Gasteiger partial charge is 0.314 e. The van der Waals surface area contributed by atoms with Crippen LogP contribution < -0.4 is 5.32 Å². The van der Waals surface area contributed by atoms with Gasteiger partial charge in [0.25, 0.3) is 0 Å². The zero-order chi connectivity index (χ0) is 11.3. The maximum atomic E-state index is 3.95. The van der Waals surface area contributed by atoms with Crippen molar-refractivity contribution < 1.29 is 0 Å². The fourth-order valence-corrected chi connectivity index (χ4v) is 2.83. The Morgan fingerprint density at radius 2 is 2.20 bits per heavy atom. The first-order valence-corrected chi connectivity index (χ1v) is 6.61. The van der Waals surface area contributed by atoms with E-state index in [1.165, 1.54) is 10.4 Å². The Balaban J connectivity index is 0.000000531. The van der Waals surface area contributed by atoms with Crippen LogP contribution in [-0.2, 0) is 11.8 Å². The molecule has 0 aromatic carbocycles. The first-order valence-electron chi connectivity index (χ1n) is 5.73. The second-order valence-electron chi connectivity index (χ2n) is 3.57. The second-order valence-corrected chi connectivity index (χ2v) is 4.58. The highest BCUT2D eigenvalue weighted by atomic mass is 32.1. The van der Waals surface area contributed by atoms with Gasteiger partial charge in [-0.25, -0.2) is 0 Å². The molecule has 2 rings (SSSR count). The van der Waals surface area contributed by atoms with Crippen molar-refractivity contribution in [1.29, 1.82) is 0 Å². The molecule has 1 aromatic heterocycles. The molecule has 2 heterocycles. The first kappa shape index (κ1) is 12.5. The van der Waals surface area contributed by atoms with Crippen LogP contribution in [-0.4, -0.2) is 13.1 Å². The van der Waals surface area contributed by atoms with E-state index in [9.17, 15) is 0 Å². The zero-order valence-electron chi connectivity index (χ0n) is 9.97. The summed E-state index contributed by atoms with van der Waals surface area (Å²) < 4.78 is 0. The van der Waals surface area contributed by atoms with Crippen LogP contribution in [0, 0.1) is 0 Å². The van der Waals surface area contributed by atoms with Gasteiger partial charge < -0.3 is 5.32 Å². The van der Waals surface area contributed by atoms with Gasteiger partial charge in [0, 0.05) is 23.4 Å². The van der Waals surface area contributed by atoms with Crippen molar-refractivity contribution in [1.82, 2.24) is 5.32 Å². The highest BCUT2D eigenvalue weighted by Gasteiger charge is 2.37. The van der Waals surface area contributed by atoms with Crippen LogP contribution in [0.15, 0.2) is 24.1 Å². The predicted molar refractivity (Wildman–Crippen MR) is 69.8 cm³/mol. The van der Waals surface area contributed by atoms with Crippen molar-refractivity contribution in [2.45, 2.75) is 32.6 Å². The monoisotopic (exact) mass is 223 g/mol. The molecule has 15 heavy (non-hydrogen) atoms. The number of rotatable bonds is 3. The van der Waals surface area contributed by atoms with Gasteiger partial charge in [-0.3, -0.25) is 0 Å². The number of aryl methyl sites for hydroxylation is 1. The lowest BCUT2D eigenvalue weighted by Crippen LogP contribution is -2.55. The smallest absolute Gasteiger partial charge is 0.0390 e. The molecule has 0 unspecified atom stereocenters. The van der Waals surface area contributed by atoms with E-state index in [2.05, 4.69) is 36.3 Å². The molecule has 0 saturated carbocycles. The van der Waals surface area contributed by atoms with Crippen LogP contribution in [0.3, 0.4) is 0 Å². The number of nitrogens with one attached hydrogen (secondary N) is 1. The van der Waals surface area contributed by atoms with E-state index in [0.717, 1.165) is 19.5 Å². The molecule has 1 saturated heterocycles. The van der Waals surface area contributed by atoms with Gasteiger partial charge in [0.1, 0.15) is 0 Å². The minimum absolute atomic E-state index is 0.241. The highest BCUT2D eigenvalue weighted by molar-refractivity contribution is 7.10. The van der Waals surface area contributed by atoms with Crippen LogP contribution in [0.2, 0.25) is 0 Å². The third-order valence-electron chi connectivity index (χ3n) is 2.87. The minimum Gasteiger partial charge on any atom is -0.314 e.